The van der Waals surface area contributed by atoms with Gasteiger partial charge in [-0.25, -0.2) is 0 Å². The number of methoxy groups -OCH3 is 1. The van der Waals surface area contributed by atoms with Gasteiger partial charge in [-0.3, -0.25) is 9.78 Å². The van der Waals surface area contributed by atoms with Gasteiger partial charge in [-0.15, -0.1) is 0 Å². The van der Waals surface area contributed by atoms with Gasteiger partial charge in [-0.2, -0.15) is 5.26 Å². The second-order valence-electron chi connectivity index (χ2n) is 7.54. The van der Waals surface area contributed by atoms with E-state index >= 15 is 0 Å². The molecule has 2 aromatic carbocycles. The normalized spacial score (nSPS) is 19.9. The lowest BCUT2D eigenvalue weighted by atomic mass is 9.75. The molecule has 0 bridgehead atoms. The van der Waals surface area contributed by atoms with Gasteiger partial charge < -0.3 is 14.7 Å². The summed E-state index contributed by atoms with van der Waals surface area (Å²) < 4.78 is 5.29. The standard InChI is InChI=1S/C25H23N3O3/c1-31-21-4-2-3-20(14-21)18-5-7-19(8-6-18)25-22(15-26)28(23(25)16-29)24(30)13-17-9-11-27-12-10-17/h2-12,14,22-23,25,29H,13,16H2,1H3/t22-,23+,25+/m0/s1. The van der Waals surface area contributed by atoms with Crippen LogP contribution in [-0.4, -0.2) is 46.7 Å². The molecule has 3 atom stereocenters. The monoisotopic (exact) mass is 413 g/mol. The average molecular weight is 413 g/mol. The Balaban J connectivity index is 1.53. The number of nitrogens with zero attached hydrogens (tertiary/aromatic N) is 3. The number of likely N-dealkylation sites (tertiary alicyclic amines) is 1. The molecule has 1 saturated heterocycles. The molecule has 3 aromatic rings. The van der Waals surface area contributed by atoms with Crippen LogP contribution in [0.2, 0.25) is 0 Å². The molecule has 1 aliphatic rings. The van der Waals surface area contributed by atoms with Crippen molar-refractivity contribution >= 4 is 5.91 Å². The summed E-state index contributed by atoms with van der Waals surface area (Å²) in [6.07, 6.45) is 3.45. The Morgan fingerprint density at radius 3 is 2.52 bits per heavy atom. The molecule has 0 spiro atoms. The van der Waals surface area contributed by atoms with E-state index < -0.39 is 12.1 Å². The fourth-order valence-corrected chi connectivity index (χ4v) is 4.22. The van der Waals surface area contributed by atoms with Gasteiger partial charge in [0.15, 0.2) is 0 Å². The van der Waals surface area contributed by atoms with Crippen LogP contribution in [0.1, 0.15) is 17.0 Å². The van der Waals surface area contributed by atoms with Crippen LogP contribution in [0.3, 0.4) is 0 Å². The van der Waals surface area contributed by atoms with E-state index in [1.165, 1.54) is 4.90 Å². The number of aliphatic hydroxyl groups is 1. The fraction of sp³-hybridized carbons (Fsp3) is 0.240. The highest BCUT2D eigenvalue weighted by Crippen LogP contribution is 2.41. The molecule has 1 N–H and O–H groups in total. The van der Waals surface area contributed by atoms with E-state index in [9.17, 15) is 15.2 Å². The van der Waals surface area contributed by atoms with E-state index in [-0.39, 0.29) is 24.9 Å². The zero-order chi connectivity index (χ0) is 21.8. The minimum atomic E-state index is -0.603. The Bertz CT molecular complexity index is 1090. The first-order chi connectivity index (χ1) is 15.2. The predicted molar refractivity (Wildman–Crippen MR) is 116 cm³/mol. The molecule has 1 fully saturated rings. The van der Waals surface area contributed by atoms with E-state index in [2.05, 4.69) is 11.1 Å². The van der Waals surface area contributed by atoms with E-state index in [0.29, 0.717) is 0 Å². The van der Waals surface area contributed by atoms with Crippen molar-refractivity contribution in [1.82, 2.24) is 9.88 Å². The van der Waals surface area contributed by atoms with Crippen molar-refractivity contribution < 1.29 is 14.6 Å². The van der Waals surface area contributed by atoms with Crippen molar-refractivity contribution in [3.05, 3.63) is 84.2 Å². The summed E-state index contributed by atoms with van der Waals surface area (Å²) in [6.45, 7) is -0.192. The van der Waals surface area contributed by atoms with Crippen LogP contribution in [0.4, 0.5) is 0 Å². The molecule has 2 heterocycles. The summed E-state index contributed by atoms with van der Waals surface area (Å²) in [4.78, 5) is 18.3. The van der Waals surface area contributed by atoms with Gasteiger partial charge in [0.05, 0.1) is 32.2 Å². The van der Waals surface area contributed by atoms with Gasteiger partial charge in [0, 0.05) is 18.3 Å². The first kappa shape index (κ1) is 20.6. The third-order valence-electron chi connectivity index (χ3n) is 5.82. The van der Waals surface area contributed by atoms with Crippen molar-refractivity contribution in [2.75, 3.05) is 13.7 Å². The molecule has 4 rings (SSSR count). The number of aliphatic hydroxyl groups excluding tert-OH is 1. The zero-order valence-electron chi connectivity index (χ0n) is 17.2. The van der Waals surface area contributed by atoms with Crippen LogP contribution in [-0.2, 0) is 11.2 Å². The van der Waals surface area contributed by atoms with Crippen molar-refractivity contribution in [2.45, 2.75) is 24.4 Å². The van der Waals surface area contributed by atoms with Gasteiger partial charge in [0.1, 0.15) is 11.8 Å². The number of ether oxygens (including phenoxy) is 1. The minimum Gasteiger partial charge on any atom is -0.497 e. The SMILES string of the molecule is COc1cccc(-c2ccc([C@H]3[C@@H](CO)N(C(=O)Cc4ccncc4)[C@H]3C#N)cc2)c1. The van der Waals surface area contributed by atoms with Crippen LogP contribution in [0, 0.1) is 11.3 Å². The highest BCUT2D eigenvalue weighted by molar-refractivity contribution is 5.81. The summed E-state index contributed by atoms with van der Waals surface area (Å²) in [5.74, 6) is 0.394. The molecule has 1 aliphatic heterocycles. The molecular formula is C25H23N3O3. The summed E-state index contributed by atoms with van der Waals surface area (Å²) >= 11 is 0. The summed E-state index contributed by atoms with van der Waals surface area (Å²) in [6, 6.07) is 20.5. The first-order valence-corrected chi connectivity index (χ1v) is 10.1. The molecule has 6 heteroatoms. The van der Waals surface area contributed by atoms with Crippen LogP contribution in [0.15, 0.2) is 73.1 Å². The number of amides is 1. The molecule has 31 heavy (non-hydrogen) atoms. The lowest BCUT2D eigenvalue weighted by molar-refractivity contribution is -0.146. The predicted octanol–water partition coefficient (Wildman–Crippen LogP) is 3.18. The van der Waals surface area contributed by atoms with Crippen LogP contribution < -0.4 is 4.74 Å². The lowest BCUT2D eigenvalue weighted by Gasteiger charge is -2.51. The molecule has 1 aromatic heterocycles. The minimum absolute atomic E-state index is 0.166. The molecule has 0 aliphatic carbocycles. The average Bonchev–Trinajstić information content (AvgIpc) is 2.80. The second kappa shape index (κ2) is 8.99. The van der Waals surface area contributed by atoms with Crippen LogP contribution >= 0.6 is 0 Å². The molecule has 0 radical (unpaired) electrons. The topological polar surface area (TPSA) is 86.5 Å². The number of rotatable bonds is 6. The smallest absolute Gasteiger partial charge is 0.228 e. The first-order valence-electron chi connectivity index (χ1n) is 10.1. The third-order valence-corrected chi connectivity index (χ3v) is 5.82. The van der Waals surface area contributed by atoms with E-state index in [4.69, 9.17) is 4.74 Å². The highest BCUT2D eigenvalue weighted by atomic mass is 16.5. The second-order valence-corrected chi connectivity index (χ2v) is 7.54. The third kappa shape index (κ3) is 4.00. The van der Waals surface area contributed by atoms with Crippen molar-refractivity contribution in [1.29, 1.82) is 5.26 Å². The summed E-state index contributed by atoms with van der Waals surface area (Å²) in [7, 11) is 1.64. The lowest BCUT2D eigenvalue weighted by Crippen LogP contribution is -2.65. The number of carbonyl (C=O) groups is 1. The van der Waals surface area contributed by atoms with E-state index in [1.807, 2.05) is 48.5 Å². The number of carbonyl (C=O) groups excluding carboxylic acids is 1. The fourth-order valence-electron chi connectivity index (χ4n) is 4.22. The van der Waals surface area contributed by atoms with Gasteiger partial charge in [-0.1, -0.05) is 36.4 Å². The van der Waals surface area contributed by atoms with Crippen molar-refractivity contribution in [3.8, 4) is 22.9 Å². The molecule has 0 unspecified atom stereocenters. The van der Waals surface area contributed by atoms with Gasteiger partial charge in [0.25, 0.3) is 0 Å². The Labute approximate surface area is 181 Å². The Morgan fingerprint density at radius 1 is 1.13 bits per heavy atom. The summed E-state index contributed by atoms with van der Waals surface area (Å²) in [5.41, 5.74) is 3.83. The Kier molecular flexibility index (Phi) is 5.96. The zero-order valence-corrected chi connectivity index (χ0v) is 17.2. The van der Waals surface area contributed by atoms with Crippen LogP contribution in [0.5, 0.6) is 5.75 Å². The largest absolute Gasteiger partial charge is 0.497 e. The number of pyridine rings is 1. The van der Waals surface area contributed by atoms with Gasteiger partial charge in [0.2, 0.25) is 5.91 Å². The van der Waals surface area contributed by atoms with E-state index in [0.717, 1.165) is 28.0 Å². The molecule has 6 nitrogen and oxygen atoms in total. The number of benzene rings is 2. The molecule has 156 valence electrons. The molecular weight excluding hydrogens is 390 g/mol. The highest BCUT2D eigenvalue weighted by Gasteiger charge is 2.51. The molecule has 0 saturated carbocycles. The Morgan fingerprint density at radius 2 is 1.87 bits per heavy atom. The summed E-state index contributed by atoms with van der Waals surface area (Å²) in [5, 5.41) is 19.7. The van der Waals surface area contributed by atoms with Gasteiger partial charge >= 0.3 is 0 Å². The van der Waals surface area contributed by atoms with Crippen molar-refractivity contribution in [3.63, 3.8) is 0 Å². The number of hydrogen-bond acceptors (Lipinski definition) is 5. The molecule has 1 amide bonds. The van der Waals surface area contributed by atoms with Crippen LogP contribution in [0.25, 0.3) is 11.1 Å². The van der Waals surface area contributed by atoms with Crippen molar-refractivity contribution in [2.24, 2.45) is 0 Å². The number of aromatic nitrogens is 1. The maximum Gasteiger partial charge on any atom is 0.228 e. The van der Waals surface area contributed by atoms with E-state index in [1.54, 1.807) is 31.6 Å². The Hall–Kier alpha value is -3.69. The number of hydrogen-bond donors (Lipinski definition) is 1. The maximum absolute atomic E-state index is 12.8. The van der Waals surface area contributed by atoms with Gasteiger partial charge in [-0.05, 0) is 46.5 Å². The quantitative estimate of drug-likeness (QED) is 0.671. The maximum atomic E-state index is 12.8. The number of nitriles is 1.